The summed E-state index contributed by atoms with van der Waals surface area (Å²) >= 11 is 6.33. The normalized spacial score (nSPS) is 17.7. The third-order valence-electron chi connectivity index (χ3n) is 6.30. The van der Waals surface area contributed by atoms with Gasteiger partial charge in [0.2, 0.25) is 5.95 Å². The van der Waals surface area contributed by atoms with Crippen LogP contribution in [-0.4, -0.2) is 47.8 Å². The average molecular weight is 521 g/mol. The Bertz CT molecular complexity index is 1280. The Morgan fingerprint density at radius 2 is 2.11 bits per heavy atom. The third kappa shape index (κ3) is 6.67. The molecule has 1 saturated heterocycles. The number of benzene rings is 2. The maximum Gasteiger partial charge on any atom is 0.330 e. The maximum absolute atomic E-state index is 11.8. The fourth-order valence-corrected chi connectivity index (χ4v) is 4.44. The number of nitrogens with one attached hydrogen (secondary N) is 1. The average Bonchev–Trinajstić information content (AvgIpc) is 2.90. The lowest BCUT2D eigenvalue weighted by Crippen LogP contribution is -2.49. The molecular weight excluding hydrogens is 488 g/mol. The first kappa shape index (κ1) is 26.6. The standard InChI is InChI=1S/C29H33ClN4O3/c1-5-24-18-37-20(4)17-34(24)28-25(22-9-7-8-21(14-22)11-13-27(35)36-6-2)16-31-29(33-28)32-23-12-10-19(3)26(30)15-23/h7-16,20,24H,5-6,17-18H2,1-4H3,(H,31,32,33)/b13-11+. The number of esters is 1. The topological polar surface area (TPSA) is 76.6 Å². The molecule has 1 fully saturated rings. The van der Waals surface area contributed by atoms with Crippen LogP contribution in [0.2, 0.25) is 5.02 Å². The van der Waals surface area contributed by atoms with Crippen LogP contribution in [0.15, 0.2) is 54.7 Å². The van der Waals surface area contributed by atoms with E-state index in [0.29, 0.717) is 24.2 Å². The van der Waals surface area contributed by atoms with E-state index in [1.54, 1.807) is 13.0 Å². The smallest absolute Gasteiger partial charge is 0.330 e. The maximum atomic E-state index is 11.8. The highest BCUT2D eigenvalue weighted by molar-refractivity contribution is 6.31. The Labute approximate surface area is 223 Å². The van der Waals surface area contributed by atoms with Crippen molar-refractivity contribution in [3.63, 3.8) is 0 Å². The molecule has 0 spiro atoms. The molecule has 0 bridgehead atoms. The number of aromatic nitrogens is 2. The predicted octanol–water partition coefficient (Wildman–Crippen LogP) is 6.43. The monoisotopic (exact) mass is 520 g/mol. The van der Waals surface area contributed by atoms with Crippen LogP contribution in [0.5, 0.6) is 0 Å². The summed E-state index contributed by atoms with van der Waals surface area (Å²) in [7, 11) is 0. The largest absolute Gasteiger partial charge is 0.463 e. The number of carbonyl (C=O) groups excluding carboxylic acids is 1. The van der Waals surface area contributed by atoms with Gasteiger partial charge in [0, 0.05) is 35.1 Å². The number of aryl methyl sites for hydroxylation is 1. The lowest BCUT2D eigenvalue weighted by atomic mass is 10.0. The molecule has 1 aliphatic heterocycles. The van der Waals surface area contributed by atoms with Crippen molar-refractivity contribution in [2.75, 3.05) is 30.0 Å². The predicted molar refractivity (Wildman–Crippen MR) is 149 cm³/mol. The van der Waals surface area contributed by atoms with E-state index in [1.165, 1.54) is 6.08 Å². The number of anilines is 3. The van der Waals surface area contributed by atoms with E-state index in [2.05, 4.69) is 29.0 Å². The molecule has 2 atom stereocenters. The van der Waals surface area contributed by atoms with Crippen molar-refractivity contribution < 1.29 is 14.3 Å². The summed E-state index contributed by atoms with van der Waals surface area (Å²) in [5, 5.41) is 3.99. The molecule has 2 heterocycles. The number of hydrogen-bond donors (Lipinski definition) is 1. The number of hydrogen-bond acceptors (Lipinski definition) is 7. The second kappa shape index (κ2) is 12.2. The number of rotatable bonds is 8. The van der Waals surface area contributed by atoms with Crippen LogP contribution in [-0.2, 0) is 14.3 Å². The van der Waals surface area contributed by atoms with Gasteiger partial charge in [-0.05, 0) is 68.2 Å². The van der Waals surface area contributed by atoms with Crippen LogP contribution >= 0.6 is 11.6 Å². The molecule has 0 saturated carbocycles. The molecule has 4 rings (SSSR count). The van der Waals surface area contributed by atoms with Crippen LogP contribution in [0, 0.1) is 6.92 Å². The van der Waals surface area contributed by atoms with Crippen LogP contribution in [0.3, 0.4) is 0 Å². The van der Waals surface area contributed by atoms with E-state index in [0.717, 1.165) is 46.7 Å². The van der Waals surface area contributed by atoms with Crippen molar-refractivity contribution >= 4 is 41.1 Å². The van der Waals surface area contributed by atoms with E-state index in [1.807, 2.05) is 55.6 Å². The minimum atomic E-state index is -0.364. The number of halogens is 1. The van der Waals surface area contributed by atoms with Gasteiger partial charge in [-0.2, -0.15) is 4.98 Å². The minimum Gasteiger partial charge on any atom is -0.463 e. The zero-order valence-corrected chi connectivity index (χ0v) is 22.5. The number of morpholine rings is 1. The zero-order chi connectivity index (χ0) is 26.4. The summed E-state index contributed by atoms with van der Waals surface area (Å²) in [4.78, 5) is 23.7. The van der Waals surface area contributed by atoms with E-state index < -0.39 is 0 Å². The Morgan fingerprint density at radius 1 is 1.27 bits per heavy atom. The van der Waals surface area contributed by atoms with Crippen LogP contribution in [0.4, 0.5) is 17.5 Å². The van der Waals surface area contributed by atoms with Gasteiger partial charge in [0.15, 0.2) is 0 Å². The van der Waals surface area contributed by atoms with E-state index in [4.69, 9.17) is 26.1 Å². The van der Waals surface area contributed by atoms with E-state index >= 15 is 0 Å². The molecule has 1 aromatic heterocycles. The van der Waals surface area contributed by atoms with Crippen molar-refractivity contribution in [3.8, 4) is 11.1 Å². The highest BCUT2D eigenvalue weighted by Crippen LogP contribution is 2.34. The number of nitrogens with zero attached hydrogens (tertiary/aromatic N) is 3. The van der Waals surface area contributed by atoms with Crippen LogP contribution in [0.1, 0.15) is 38.3 Å². The first-order valence-electron chi connectivity index (χ1n) is 12.6. The van der Waals surface area contributed by atoms with Crippen molar-refractivity contribution in [1.82, 2.24) is 9.97 Å². The Hall–Kier alpha value is -3.42. The molecule has 7 nitrogen and oxygen atoms in total. The lowest BCUT2D eigenvalue weighted by Gasteiger charge is -2.40. The van der Waals surface area contributed by atoms with Gasteiger partial charge in [0.25, 0.3) is 0 Å². The molecule has 0 radical (unpaired) electrons. The van der Waals surface area contributed by atoms with Crippen molar-refractivity contribution in [2.24, 2.45) is 0 Å². The third-order valence-corrected chi connectivity index (χ3v) is 6.71. The van der Waals surface area contributed by atoms with Gasteiger partial charge in [0.05, 0.1) is 25.4 Å². The van der Waals surface area contributed by atoms with Gasteiger partial charge in [-0.1, -0.05) is 42.8 Å². The molecule has 194 valence electrons. The highest BCUT2D eigenvalue weighted by atomic mass is 35.5. The fraction of sp³-hybridized carbons (Fsp3) is 0.345. The van der Waals surface area contributed by atoms with Gasteiger partial charge in [-0.25, -0.2) is 9.78 Å². The molecule has 2 aromatic carbocycles. The van der Waals surface area contributed by atoms with E-state index in [-0.39, 0.29) is 18.1 Å². The van der Waals surface area contributed by atoms with Gasteiger partial charge < -0.3 is 19.7 Å². The summed E-state index contributed by atoms with van der Waals surface area (Å²) in [6.45, 7) is 9.70. The Morgan fingerprint density at radius 3 is 2.86 bits per heavy atom. The molecule has 0 amide bonds. The number of ether oxygens (including phenoxy) is 2. The fourth-order valence-electron chi connectivity index (χ4n) is 4.26. The summed E-state index contributed by atoms with van der Waals surface area (Å²) in [5.41, 5.74) is 4.58. The molecule has 1 aliphatic rings. The molecule has 0 aliphatic carbocycles. The second-order valence-electron chi connectivity index (χ2n) is 9.09. The summed E-state index contributed by atoms with van der Waals surface area (Å²) in [6.07, 6.45) is 6.05. The highest BCUT2D eigenvalue weighted by Gasteiger charge is 2.29. The minimum absolute atomic E-state index is 0.0803. The SMILES string of the molecule is CCOC(=O)/C=C/c1cccc(-c2cnc(Nc3ccc(C)c(Cl)c3)nc2N2CC(C)OCC2CC)c1. The first-order chi connectivity index (χ1) is 17.9. The van der Waals surface area contributed by atoms with Crippen molar-refractivity contribution in [3.05, 3.63) is 70.9 Å². The van der Waals surface area contributed by atoms with Gasteiger partial charge in [-0.15, -0.1) is 0 Å². The second-order valence-corrected chi connectivity index (χ2v) is 9.50. The van der Waals surface area contributed by atoms with Crippen LogP contribution < -0.4 is 10.2 Å². The van der Waals surface area contributed by atoms with Crippen LogP contribution in [0.25, 0.3) is 17.2 Å². The molecule has 37 heavy (non-hydrogen) atoms. The van der Waals surface area contributed by atoms with E-state index in [9.17, 15) is 4.79 Å². The van der Waals surface area contributed by atoms with Gasteiger partial charge in [-0.3, -0.25) is 0 Å². The van der Waals surface area contributed by atoms with Crippen molar-refractivity contribution in [1.29, 1.82) is 0 Å². The molecule has 3 aromatic rings. The Kier molecular flexibility index (Phi) is 8.79. The summed E-state index contributed by atoms with van der Waals surface area (Å²) < 4.78 is 11.0. The lowest BCUT2D eigenvalue weighted by molar-refractivity contribution is -0.137. The molecule has 8 heteroatoms. The number of carbonyl (C=O) groups is 1. The van der Waals surface area contributed by atoms with Crippen molar-refractivity contribution in [2.45, 2.75) is 46.3 Å². The zero-order valence-electron chi connectivity index (χ0n) is 21.7. The Balaban J connectivity index is 1.74. The molecular formula is C29H33ClN4O3. The van der Waals surface area contributed by atoms with Gasteiger partial charge >= 0.3 is 5.97 Å². The molecule has 2 unspecified atom stereocenters. The summed E-state index contributed by atoms with van der Waals surface area (Å²) in [5.74, 6) is 0.965. The molecule has 1 N–H and O–H groups in total. The summed E-state index contributed by atoms with van der Waals surface area (Å²) in [6, 6.07) is 14.0. The van der Waals surface area contributed by atoms with Gasteiger partial charge in [0.1, 0.15) is 5.82 Å². The first-order valence-corrected chi connectivity index (χ1v) is 13.0. The quantitative estimate of drug-likeness (QED) is 0.271.